The molecule has 0 radical (unpaired) electrons. The number of sulfone groups is 1. The number of rotatable bonds is 3. The molecular formula is C12H16O5S. The lowest BCUT2D eigenvalue weighted by Gasteiger charge is -2.33. The van der Waals surface area contributed by atoms with Crippen LogP contribution in [0.1, 0.15) is 20.8 Å². The SMILES string of the molecule is CC(C)(O)C(C)(O)C(=O)S(=O)(=O)c1ccccc1. The molecule has 0 heterocycles. The Labute approximate surface area is 106 Å². The molecule has 0 aromatic heterocycles. The van der Waals surface area contributed by atoms with Gasteiger partial charge in [-0.2, -0.15) is 0 Å². The van der Waals surface area contributed by atoms with E-state index in [9.17, 15) is 23.4 Å². The first-order valence-corrected chi connectivity index (χ1v) is 6.79. The molecule has 1 aromatic carbocycles. The van der Waals surface area contributed by atoms with Crippen molar-refractivity contribution < 1.29 is 23.4 Å². The van der Waals surface area contributed by atoms with Crippen LogP contribution < -0.4 is 0 Å². The molecule has 0 spiro atoms. The predicted octanol–water partition coefficient (Wildman–Crippen LogP) is 0.509. The fraction of sp³-hybridized carbons (Fsp3) is 0.417. The molecule has 0 saturated heterocycles. The Balaban J connectivity index is 3.28. The Morgan fingerprint density at radius 2 is 1.50 bits per heavy atom. The van der Waals surface area contributed by atoms with Crippen molar-refractivity contribution in [3.63, 3.8) is 0 Å². The molecule has 0 aliphatic heterocycles. The van der Waals surface area contributed by atoms with Gasteiger partial charge in [0, 0.05) is 0 Å². The van der Waals surface area contributed by atoms with E-state index < -0.39 is 26.2 Å². The van der Waals surface area contributed by atoms with Gasteiger partial charge < -0.3 is 10.2 Å². The summed E-state index contributed by atoms with van der Waals surface area (Å²) in [4.78, 5) is 11.7. The molecule has 1 atom stereocenters. The van der Waals surface area contributed by atoms with Gasteiger partial charge in [0.2, 0.25) is 9.84 Å². The maximum atomic E-state index is 12.0. The molecule has 1 unspecified atom stereocenters. The van der Waals surface area contributed by atoms with E-state index in [0.29, 0.717) is 0 Å². The molecular weight excluding hydrogens is 256 g/mol. The second-order valence-electron chi connectivity index (χ2n) is 4.74. The topological polar surface area (TPSA) is 91.7 Å². The van der Waals surface area contributed by atoms with Crippen LogP contribution in [0.25, 0.3) is 0 Å². The number of benzene rings is 1. The standard InChI is InChI=1S/C12H16O5S/c1-11(2,14)12(3,15)10(13)18(16,17)9-7-5-4-6-8-9/h4-8,14-15H,1-3H3. The van der Waals surface area contributed by atoms with Crippen LogP contribution in [-0.4, -0.2) is 34.9 Å². The molecule has 0 bridgehead atoms. The van der Waals surface area contributed by atoms with Crippen molar-refractivity contribution >= 4 is 15.0 Å². The van der Waals surface area contributed by atoms with E-state index in [2.05, 4.69) is 0 Å². The lowest BCUT2D eigenvalue weighted by Crippen LogP contribution is -2.55. The lowest BCUT2D eigenvalue weighted by atomic mass is 9.89. The normalized spacial score (nSPS) is 16.1. The fourth-order valence-electron chi connectivity index (χ4n) is 1.22. The highest BCUT2D eigenvalue weighted by atomic mass is 32.2. The third kappa shape index (κ3) is 2.45. The number of aliphatic hydroxyl groups is 2. The Kier molecular flexibility index (Phi) is 3.67. The van der Waals surface area contributed by atoms with Gasteiger partial charge in [-0.25, -0.2) is 8.42 Å². The van der Waals surface area contributed by atoms with E-state index in [-0.39, 0.29) is 4.90 Å². The fourth-order valence-corrected chi connectivity index (χ4v) is 2.72. The van der Waals surface area contributed by atoms with Gasteiger partial charge in [0.15, 0.2) is 5.60 Å². The van der Waals surface area contributed by atoms with E-state index in [0.717, 1.165) is 6.92 Å². The minimum atomic E-state index is -4.33. The molecule has 0 saturated carbocycles. The van der Waals surface area contributed by atoms with Crippen molar-refractivity contribution in [1.82, 2.24) is 0 Å². The van der Waals surface area contributed by atoms with Gasteiger partial charge in [0.1, 0.15) is 0 Å². The van der Waals surface area contributed by atoms with E-state index in [1.54, 1.807) is 6.07 Å². The zero-order chi connectivity index (χ0) is 14.2. The summed E-state index contributed by atoms with van der Waals surface area (Å²) in [5.41, 5.74) is -4.26. The van der Waals surface area contributed by atoms with Gasteiger partial charge in [-0.1, -0.05) is 18.2 Å². The minimum absolute atomic E-state index is 0.209. The molecule has 5 nitrogen and oxygen atoms in total. The molecule has 1 aromatic rings. The van der Waals surface area contributed by atoms with E-state index in [4.69, 9.17) is 0 Å². The average Bonchev–Trinajstić information content (AvgIpc) is 2.27. The van der Waals surface area contributed by atoms with Crippen LogP contribution in [0.15, 0.2) is 35.2 Å². The predicted molar refractivity (Wildman–Crippen MR) is 65.6 cm³/mol. The average molecular weight is 272 g/mol. The molecule has 0 aliphatic rings. The second kappa shape index (κ2) is 4.46. The van der Waals surface area contributed by atoms with Crippen LogP contribution >= 0.6 is 0 Å². The second-order valence-corrected chi connectivity index (χ2v) is 6.58. The summed E-state index contributed by atoms with van der Waals surface area (Å²) in [5, 5.41) is 18.2. The third-order valence-corrected chi connectivity index (χ3v) is 4.66. The van der Waals surface area contributed by atoms with Crippen LogP contribution in [0, 0.1) is 0 Å². The van der Waals surface area contributed by atoms with Gasteiger partial charge in [-0.05, 0) is 32.9 Å². The van der Waals surface area contributed by atoms with Crippen molar-refractivity contribution in [2.75, 3.05) is 0 Å². The molecule has 18 heavy (non-hydrogen) atoms. The highest BCUT2D eigenvalue weighted by Crippen LogP contribution is 2.27. The summed E-state index contributed by atoms with van der Waals surface area (Å²) in [6, 6.07) is 7.07. The third-order valence-electron chi connectivity index (χ3n) is 2.89. The summed E-state index contributed by atoms with van der Waals surface area (Å²) < 4.78 is 24.0. The first kappa shape index (κ1) is 14.8. The van der Waals surface area contributed by atoms with Crippen LogP contribution in [0.3, 0.4) is 0 Å². The molecule has 1 rings (SSSR count). The highest BCUT2D eigenvalue weighted by Gasteiger charge is 2.50. The van der Waals surface area contributed by atoms with Crippen LogP contribution in [0.2, 0.25) is 0 Å². The first-order chi connectivity index (χ1) is 8.01. The minimum Gasteiger partial charge on any atom is -0.387 e. The molecule has 2 N–H and O–H groups in total. The van der Waals surface area contributed by atoms with Crippen molar-refractivity contribution in [3.05, 3.63) is 30.3 Å². The maximum absolute atomic E-state index is 12.0. The van der Waals surface area contributed by atoms with Crippen molar-refractivity contribution in [1.29, 1.82) is 0 Å². The first-order valence-electron chi connectivity index (χ1n) is 5.30. The Morgan fingerprint density at radius 1 is 1.06 bits per heavy atom. The maximum Gasteiger partial charge on any atom is 0.285 e. The molecule has 0 aliphatic carbocycles. The summed E-state index contributed by atoms with van der Waals surface area (Å²) in [6.07, 6.45) is 0. The van der Waals surface area contributed by atoms with E-state index >= 15 is 0 Å². The van der Waals surface area contributed by atoms with Crippen molar-refractivity contribution in [3.8, 4) is 0 Å². The number of hydrogen-bond donors (Lipinski definition) is 2. The van der Waals surface area contributed by atoms with Crippen molar-refractivity contribution in [2.24, 2.45) is 0 Å². The zero-order valence-electron chi connectivity index (χ0n) is 10.4. The zero-order valence-corrected chi connectivity index (χ0v) is 11.2. The largest absolute Gasteiger partial charge is 0.387 e. The van der Waals surface area contributed by atoms with Gasteiger partial charge >= 0.3 is 0 Å². The molecule has 100 valence electrons. The quantitative estimate of drug-likeness (QED) is 0.836. The van der Waals surface area contributed by atoms with Gasteiger partial charge in [0.25, 0.3) is 5.12 Å². The summed E-state index contributed by atoms with van der Waals surface area (Å²) in [7, 11) is -4.33. The summed E-state index contributed by atoms with van der Waals surface area (Å²) in [5.74, 6) is 0. The van der Waals surface area contributed by atoms with Crippen molar-refractivity contribution in [2.45, 2.75) is 36.9 Å². The van der Waals surface area contributed by atoms with Gasteiger partial charge in [-0.15, -0.1) is 0 Å². The molecule has 0 fully saturated rings. The Bertz CT molecular complexity index is 538. The highest BCUT2D eigenvalue weighted by molar-refractivity contribution is 8.06. The van der Waals surface area contributed by atoms with Gasteiger partial charge in [-0.3, -0.25) is 4.79 Å². The monoisotopic (exact) mass is 272 g/mol. The number of carbonyl (C=O) groups excluding carboxylic acids is 1. The van der Waals surface area contributed by atoms with E-state index in [1.807, 2.05) is 0 Å². The Morgan fingerprint density at radius 3 is 1.89 bits per heavy atom. The van der Waals surface area contributed by atoms with Gasteiger partial charge in [0.05, 0.1) is 10.5 Å². The van der Waals surface area contributed by atoms with Crippen LogP contribution in [-0.2, 0) is 14.6 Å². The molecule has 0 amide bonds. The smallest absolute Gasteiger partial charge is 0.285 e. The summed E-state index contributed by atoms with van der Waals surface area (Å²) in [6.45, 7) is 3.33. The Hall–Kier alpha value is -1.24. The number of hydrogen-bond acceptors (Lipinski definition) is 5. The van der Waals surface area contributed by atoms with Crippen LogP contribution in [0.4, 0.5) is 0 Å². The van der Waals surface area contributed by atoms with E-state index in [1.165, 1.54) is 38.1 Å². The summed E-state index contributed by atoms with van der Waals surface area (Å²) >= 11 is 0. The molecule has 6 heteroatoms. The van der Waals surface area contributed by atoms with Crippen LogP contribution in [0.5, 0.6) is 0 Å². The lowest BCUT2D eigenvalue weighted by molar-refractivity contribution is -0.152. The number of carbonyl (C=O) groups is 1.